The smallest absolute Gasteiger partial charge is 0.228 e. The van der Waals surface area contributed by atoms with Gasteiger partial charge in [-0.15, -0.1) is 0 Å². The summed E-state index contributed by atoms with van der Waals surface area (Å²) in [6, 6.07) is 3.55. The van der Waals surface area contributed by atoms with E-state index in [4.69, 9.17) is 5.73 Å². The van der Waals surface area contributed by atoms with Crippen molar-refractivity contribution in [2.24, 2.45) is 5.92 Å². The van der Waals surface area contributed by atoms with Gasteiger partial charge in [0.15, 0.2) is 0 Å². The number of carbonyl (C=O) groups is 1. The Bertz CT molecular complexity index is 346. The van der Waals surface area contributed by atoms with Gasteiger partial charge in [0.05, 0.1) is 18.3 Å². The Morgan fingerprint density at radius 1 is 1.50 bits per heavy atom. The van der Waals surface area contributed by atoms with Crippen molar-refractivity contribution in [2.45, 2.75) is 20.3 Å². The molecule has 1 aromatic rings. The van der Waals surface area contributed by atoms with Crippen molar-refractivity contribution < 1.29 is 4.79 Å². The Morgan fingerprint density at radius 2 is 2.19 bits per heavy atom. The Balaban J connectivity index is 2.54. The fourth-order valence-electron chi connectivity index (χ4n) is 1.48. The highest BCUT2D eigenvalue weighted by Crippen LogP contribution is 2.04. The lowest BCUT2D eigenvalue weighted by Gasteiger charge is -2.19. The van der Waals surface area contributed by atoms with Crippen LogP contribution in [0.15, 0.2) is 18.3 Å². The van der Waals surface area contributed by atoms with Gasteiger partial charge in [0.2, 0.25) is 5.91 Å². The zero-order chi connectivity index (χ0) is 12.1. The van der Waals surface area contributed by atoms with E-state index >= 15 is 0 Å². The van der Waals surface area contributed by atoms with Crippen LogP contribution < -0.4 is 5.73 Å². The van der Waals surface area contributed by atoms with Gasteiger partial charge in [-0.3, -0.25) is 9.78 Å². The first-order valence-corrected chi connectivity index (χ1v) is 5.43. The largest absolute Gasteiger partial charge is 0.397 e. The molecule has 0 saturated carbocycles. The second-order valence-corrected chi connectivity index (χ2v) is 4.43. The molecule has 2 N–H and O–H groups in total. The van der Waals surface area contributed by atoms with E-state index in [-0.39, 0.29) is 5.91 Å². The summed E-state index contributed by atoms with van der Waals surface area (Å²) < 4.78 is 0. The predicted octanol–water partition coefficient (Wildman–Crippen LogP) is 1.32. The lowest BCUT2D eigenvalue weighted by molar-refractivity contribution is -0.129. The molecule has 0 aliphatic carbocycles. The summed E-state index contributed by atoms with van der Waals surface area (Å²) in [6.07, 6.45) is 1.91. The topological polar surface area (TPSA) is 59.2 Å². The molecule has 0 atom stereocenters. The first-order valence-electron chi connectivity index (χ1n) is 5.43. The zero-order valence-corrected chi connectivity index (χ0v) is 10.1. The number of likely N-dealkylation sites (N-methyl/N-ethyl adjacent to an activating group) is 1. The van der Waals surface area contributed by atoms with E-state index in [1.165, 1.54) is 0 Å². The van der Waals surface area contributed by atoms with E-state index in [0.717, 1.165) is 12.2 Å². The predicted molar refractivity (Wildman–Crippen MR) is 64.8 cm³/mol. The summed E-state index contributed by atoms with van der Waals surface area (Å²) in [5.74, 6) is 0.569. The number of carbonyl (C=O) groups excluding carboxylic acids is 1. The minimum atomic E-state index is 0.0889. The van der Waals surface area contributed by atoms with Crippen LogP contribution in [0.2, 0.25) is 0 Å². The fourth-order valence-corrected chi connectivity index (χ4v) is 1.48. The van der Waals surface area contributed by atoms with Crippen molar-refractivity contribution in [3.8, 4) is 0 Å². The lowest BCUT2D eigenvalue weighted by Crippen LogP contribution is -2.31. The van der Waals surface area contributed by atoms with Gasteiger partial charge in [-0.05, 0) is 18.1 Å². The quantitative estimate of drug-likeness (QED) is 0.834. The van der Waals surface area contributed by atoms with Gasteiger partial charge in [-0.2, -0.15) is 0 Å². The number of rotatable bonds is 4. The van der Waals surface area contributed by atoms with Crippen LogP contribution >= 0.6 is 0 Å². The normalized spacial score (nSPS) is 10.5. The Labute approximate surface area is 96.5 Å². The molecule has 1 amide bonds. The monoisotopic (exact) mass is 221 g/mol. The number of nitrogens with two attached hydrogens (primary N) is 1. The highest BCUT2D eigenvalue weighted by Gasteiger charge is 2.11. The standard InChI is InChI=1S/C12H19N3O/c1-9(2)8-15(3)12(16)6-11-5-4-10(13)7-14-11/h4-5,7,9H,6,8,13H2,1-3H3. The molecular formula is C12H19N3O. The average molecular weight is 221 g/mol. The van der Waals surface area contributed by atoms with Gasteiger partial charge < -0.3 is 10.6 Å². The number of hydrogen-bond acceptors (Lipinski definition) is 3. The molecule has 0 bridgehead atoms. The van der Waals surface area contributed by atoms with Gasteiger partial charge >= 0.3 is 0 Å². The zero-order valence-electron chi connectivity index (χ0n) is 10.1. The SMILES string of the molecule is CC(C)CN(C)C(=O)Cc1ccc(N)cn1. The summed E-state index contributed by atoms with van der Waals surface area (Å²) >= 11 is 0. The number of anilines is 1. The third-order valence-corrected chi connectivity index (χ3v) is 2.24. The highest BCUT2D eigenvalue weighted by molar-refractivity contribution is 5.78. The molecule has 4 nitrogen and oxygen atoms in total. The fraction of sp³-hybridized carbons (Fsp3) is 0.500. The summed E-state index contributed by atoms with van der Waals surface area (Å²) in [5.41, 5.74) is 6.90. The van der Waals surface area contributed by atoms with E-state index in [1.807, 2.05) is 7.05 Å². The summed E-state index contributed by atoms with van der Waals surface area (Å²) in [6.45, 7) is 4.95. The highest BCUT2D eigenvalue weighted by atomic mass is 16.2. The van der Waals surface area contributed by atoms with Crippen molar-refractivity contribution >= 4 is 11.6 Å². The van der Waals surface area contributed by atoms with E-state index in [9.17, 15) is 4.79 Å². The third-order valence-electron chi connectivity index (χ3n) is 2.24. The van der Waals surface area contributed by atoms with Crippen molar-refractivity contribution in [1.82, 2.24) is 9.88 Å². The van der Waals surface area contributed by atoms with E-state index in [1.54, 1.807) is 23.2 Å². The number of hydrogen-bond donors (Lipinski definition) is 1. The molecule has 0 radical (unpaired) electrons. The van der Waals surface area contributed by atoms with Gasteiger partial charge in [0.25, 0.3) is 0 Å². The molecule has 88 valence electrons. The Kier molecular flexibility index (Phi) is 4.28. The maximum atomic E-state index is 11.8. The number of pyridine rings is 1. The molecule has 0 unspecified atom stereocenters. The summed E-state index contributed by atoms with van der Waals surface area (Å²) in [5, 5.41) is 0. The first kappa shape index (κ1) is 12.5. The number of aromatic nitrogens is 1. The van der Waals surface area contributed by atoms with Crippen molar-refractivity contribution in [3.63, 3.8) is 0 Å². The molecule has 0 aliphatic rings. The van der Waals surface area contributed by atoms with Gasteiger partial charge in [-0.25, -0.2) is 0 Å². The second kappa shape index (κ2) is 5.49. The van der Waals surface area contributed by atoms with E-state index < -0.39 is 0 Å². The molecule has 0 spiro atoms. The van der Waals surface area contributed by atoms with Crippen molar-refractivity contribution in [3.05, 3.63) is 24.0 Å². The maximum Gasteiger partial charge on any atom is 0.228 e. The van der Waals surface area contributed by atoms with Crippen molar-refractivity contribution in [2.75, 3.05) is 19.3 Å². The molecule has 0 aromatic carbocycles. The minimum Gasteiger partial charge on any atom is -0.397 e. The van der Waals surface area contributed by atoms with Gasteiger partial charge in [0, 0.05) is 19.3 Å². The van der Waals surface area contributed by atoms with Crippen LogP contribution in [0.1, 0.15) is 19.5 Å². The summed E-state index contributed by atoms with van der Waals surface area (Å²) in [7, 11) is 1.82. The molecular weight excluding hydrogens is 202 g/mol. The van der Waals surface area contributed by atoms with E-state index in [0.29, 0.717) is 18.0 Å². The maximum absolute atomic E-state index is 11.8. The molecule has 0 fully saturated rings. The number of nitrogen functional groups attached to an aromatic ring is 1. The third kappa shape index (κ3) is 3.88. The van der Waals surface area contributed by atoms with Crippen LogP contribution in [-0.2, 0) is 11.2 Å². The van der Waals surface area contributed by atoms with Crippen LogP contribution in [0.4, 0.5) is 5.69 Å². The van der Waals surface area contributed by atoms with Crippen LogP contribution in [0, 0.1) is 5.92 Å². The average Bonchev–Trinajstić information content (AvgIpc) is 2.20. The Hall–Kier alpha value is -1.58. The second-order valence-electron chi connectivity index (χ2n) is 4.43. The molecule has 16 heavy (non-hydrogen) atoms. The minimum absolute atomic E-state index is 0.0889. The summed E-state index contributed by atoms with van der Waals surface area (Å²) in [4.78, 5) is 17.6. The van der Waals surface area contributed by atoms with E-state index in [2.05, 4.69) is 18.8 Å². The van der Waals surface area contributed by atoms with Crippen LogP contribution in [0.3, 0.4) is 0 Å². The number of nitrogens with zero attached hydrogens (tertiary/aromatic N) is 2. The number of amides is 1. The first-order chi connectivity index (χ1) is 7.49. The molecule has 0 saturated heterocycles. The van der Waals surface area contributed by atoms with Crippen LogP contribution in [0.25, 0.3) is 0 Å². The van der Waals surface area contributed by atoms with Crippen LogP contribution in [0.5, 0.6) is 0 Å². The van der Waals surface area contributed by atoms with Crippen LogP contribution in [-0.4, -0.2) is 29.4 Å². The molecule has 1 rings (SSSR count). The molecule has 0 aliphatic heterocycles. The molecule has 1 heterocycles. The van der Waals surface area contributed by atoms with Crippen molar-refractivity contribution in [1.29, 1.82) is 0 Å². The lowest BCUT2D eigenvalue weighted by atomic mass is 10.2. The van der Waals surface area contributed by atoms with Gasteiger partial charge in [-0.1, -0.05) is 13.8 Å². The molecule has 1 aromatic heterocycles. The van der Waals surface area contributed by atoms with Gasteiger partial charge in [0.1, 0.15) is 0 Å². The Morgan fingerprint density at radius 3 is 2.69 bits per heavy atom. The molecule has 4 heteroatoms.